The van der Waals surface area contributed by atoms with Crippen LogP contribution in [0.25, 0.3) is 0 Å². The fourth-order valence-corrected chi connectivity index (χ4v) is 3.05. The molecule has 0 saturated carbocycles. The third-order valence-electron chi connectivity index (χ3n) is 4.45. The maximum Gasteiger partial charge on any atom is 0.253 e. The van der Waals surface area contributed by atoms with Crippen LogP contribution in [0.5, 0.6) is 0 Å². The van der Waals surface area contributed by atoms with E-state index in [-0.39, 0.29) is 12.0 Å². The topological polar surface area (TPSA) is 44.8 Å². The number of amides is 1. The van der Waals surface area contributed by atoms with Crippen molar-refractivity contribution in [2.75, 3.05) is 52.4 Å². The zero-order valence-electron chi connectivity index (χ0n) is 13.0. The van der Waals surface area contributed by atoms with E-state index >= 15 is 0 Å². The molecule has 5 nitrogen and oxygen atoms in total. The van der Waals surface area contributed by atoms with Gasteiger partial charge in [-0.3, -0.25) is 9.69 Å². The first-order valence-corrected chi connectivity index (χ1v) is 8.20. The standard InChI is InChI=1S/C17H25N3O2/c21-17(16-14-18-7-13-22-16)20-11-9-19(10-12-20)8-6-15-4-2-1-3-5-15/h1-5,16,18H,6-14H2. The van der Waals surface area contributed by atoms with Gasteiger partial charge in [0.2, 0.25) is 0 Å². The smallest absolute Gasteiger partial charge is 0.253 e. The molecule has 2 aliphatic heterocycles. The molecule has 0 bridgehead atoms. The monoisotopic (exact) mass is 303 g/mol. The number of hydrogen-bond donors (Lipinski definition) is 1. The zero-order valence-corrected chi connectivity index (χ0v) is 13.0. The Morgan fingerprint density at radius 2 is 1.95 bits per heavy atom. The van der Waals surface area contributed by atoms with E-state index < -0.39 is 0 Å². The van der Waals surface area contributed by atoms with Gasteiger partial charge in [-0.05, 0) is 12.0 Å². The average molecular weight is 303 g/mol. The van der Waals surface area contributed by atoms with E-state index in [0.717, 1.165) is 45.7 Å². The Morgan fingerprint density at radius 3 is 2.64 bits per heavy atom. The van der Waals surface area contributed by atoms with Gasteiger partial charge in [0, 0.05) is 45.8 Å². The maximum absolute atomic E-state index is 12.4. The lowest BCUT2D eigenvalue weighted by Crippen LogP contribution is -2.55. The first-order chi connectivity index (χ1) is 10.8. The van der Waals surface area contributed by atoms with Crippen molar-refractivity contribution in [3.63, 3.8) is 0 Å². The van der Waals surface area contributed by atoms with Crippen molar-refractivity contribution in [2.24, 2.45) is 0 Å². The van der Waals surface area contributed by atoms with Gasteiger partial charge < -0.3 is 15.0 Å². The number of piperazine rings is 1. The predicted molar refractivity (Wildman–Crippen MR) is 85.8 cm³/mol. The molecule has 120 valence electrons. The minimum Gasteiger partial charge on any atom is -0.366 e. The Hall–Kier alpha value is -1.43. The second-order valence-corrected chi connectivity index (χ2v) is 5.97. The van der Waals surface area contributed by atoms with E-state index in [1.165, 1.54) is 5.56 Å². The molecule has 0 radical (unpaired) electrons. The molecular formula is C17H25N3O2. The highest BCUT2D eigenvalue weighted by molar-refractivity contribution is 5.81. The summed E-state index contributed by atoms with van der Waals surface area (Å²) in [6.07, 6.45) is 0.786. The van der Waals surface area contributed by atoms with Crippen LogP contribution in [0.2, 0.25) is 0 Å². The Morgan fingerprint density at radius 1 is 1.18 bits per heavy atom. The van der Waals surface area contributed by atoms with Crippen LogP contribution < -0.4 is 5.32 Å². The Kier molecular flexibility index (Phi) is 5.43. The van der Waals surface area contributed by atoms with E-state index in [2.05, 4.69) is 40.5 Å². The Balaban J connectivity index is 1.41. The van der Waals surface area contributed by atoms with Gasteiger partial charge in [-0.2, -0.15) is 0 Å². The highest BCUT2D eigenvalue weighted by Crippen LogP contribution is 2.09. The number of nitrogens with zero attached hydrogens (tertiary/aromatic N) is 2. The van der Waals surface area contributed by atoms with Crippen molar-refractivity contribution in [1.29, 1.82) is 0 Å². The molecule has 2 fully saturated rings. The number of carbonyl (C=O) groups excluding carboxylic acids is 1. The summed E-state index contributed by atoms with van der Waals surface area (Å²) in [6, 6.07) is 10.6. The molecule has 1 atom stereocenters. The van der Waals surface area contributed by atoms with Crippen molar-refractivity contribution < 1.29 is 9.53 Å². The lowest BCUT2D eigenvalue weighted by atomic mass is 10.1. The molecule has 0 aromatic heterocycles. The molecule has 5 heteroatoms. The highest BCUT2D eigenvalue weighted by atomic mass is 16.5. The largest absolute Gasteiger partial charge is 0.366 e. The van der Waals surface area contributed by atoms with Crippen LogP contribution >= 0.6 is 0 Å². The van der Waals surface area contributed by atoms with Crippen LogP contribution in [0.15, 0.2) is 30.3 Å². The van der Waals surface area contributed by atoms with Gasteiger partial charge in [0.25, 0.3) is 5.91 Å². The molecule has 1 amide bonds. The van der Waals surface area contributed by atoms with E-state index in [1.54, 1.807) is 0 Å². The number of morpholine rings is 1. The summed E-state index contributed by atoms with van der Waals surface area (Å²) in [5.74, 6) is 0.148. The molecule has 2 aliphatic rings. The summed E-state index contributed by atoms with van der Waals surface area (Å²) in [7, 11) is 0. The van der Waals surface area contributed by atoms with Crippen molar-refractivity contribution in [1.82, 2.24) is 15.1 Å². The van der Waals surface area contributed by atoms with Crippen LogP contribution in [-0.2, 0) is 16.0 Å². The minimum atomic E-state index is -0.287. The average Bonchev–Trinajstić information content (AvgIpc) is 2.61. The number of hydrogen-bond acceptors (Lipinski definition) is 4. The van der Waals surface area contributed by atoms with Gasteiger partial charge in [-0.1, -0.05) is 30.3 Å². The lowest BCUT2D eigenvalue weighted by Gasteiger charge is -2.37. The van der Waals surface area contributed by atoms with Gasteiger partial charge in [0.05, 0.1) is 6.61 Å². The zero-order chi connectivity index (χ0) is 15.2. The van der Waals surface area contributed by atoms with Crippen LogP contribution in [0, 0.1) is 0 Å². The number of benzene rings is 1. The van der Waals surface area contributed by atoms with Crippen LogP contribution in [0.4, 0.5) is 0 Å². The van der Waals surface area contributed by atoms with Crippen molar-refractivity contribution >= 4 is 5.91 Å². The van der Waals surface area contributed by atoms with Gasteiger partial charge in [0.15, 0.2) is 0 Å². The summed E-state index contributed by atoms with van der Waals surface area (Å²) >= 11 is 0. The minimum absolute atomic E-state index is 0.148. The second-order valence-electron chi connectivity index (χ2n) is 5.97. The van der Waals surface area contributed by atoms with Crippen molar-refractivity contribution in [3.8, 4) is 0 Å². The predicted octanol–water partition coefficient (Wildman–Crippen LogP) is 0.362. The van der Waals surface area contributed by atoms with Gasteiger partial charge in [-0.15, -0.1) is 0 Å². The molecule has 1 unspecified atom stereocenters. The van der Waals surface area contributed by atoms with Crippen molar-refractivity contribution in [3.05, 3.63) is 35.9 Å². The van der Waals surface area contributed by atoms with Crippen LogP contribution in [0.3, 0.4) is 0 Å². The molecule has 0 spiro atoms. The van der Waals surface area contributed by atoms with Crippen LogP contribution in [-0.4, -0.2) is 74.2 Å². The molecule has 3 rings (SSSR count). The summed E-state index contributed by atoms with van der Waals surface area (Å²) in [4.78, 5) is 16.8. The number of ether oxygens (including phenoxy) is 1. The van der Waals surface area contributed by atoms with E-state index in [0.29, 0.717) is 13.2 Å². The third kappa shape index (κ3) is 4.06. The van der Waals surface area contributed by atoms with E-state index in [9.17, 15) is 4.79 Å². The number of nitrogens with one attached hydrogen (secondary N) is 1. The Bertz CT molecular complexity index is 466. The molecule has 1 N–H and O–H groups in total. The quantitative estimate of drug-likeness (QED) is 0.872. The summed E-state index contributed by atoms with van der Waals surface area (Å²) in [5, 5.41) is 3.22. The summed E-state index contributed by atoms with van der Waals surface area (Å²) < 4.78 is 5.56. The van der Waals surface area contributed by atoms with Crippen molar-refractivity contribution in [2.45, 2.75) is 12.5 Å². The normalized spacial score (nSPS) is 23.5. The number of carbonyl (C=O) groups is 1. The molecule has 1 aromatic rings. The Labute approximate surface area is 132 Å². The number of rotatable bonds is 4. The fourth-order valence-electron chi connectivity index (χ4n) is 3.05. The molecule has 22 heavy (non-hydrogen) atoms. The van der Waals surface area contributed by atoms with Gasteiger partial charge in [-0.25, -0.2) is 0 Å². The first-order valence-electron chi connectivity index (χ1n) is 8.20. The van der Waals surface area contributed by atoms with E-state index in [1.807, 2.05) is 4.90 Å². The molecular weight excluding hydrogens is 278 g/mol. The molecule has 2 heterocycles. The highest BCUT2D eigenvalue weighted by Gasteiger charge is 2.29. The lowest BCUT2D eigenvalue weighted by molar-refractivity contribution is -0.147. The van der Waals surface area contributed by atoms with Gasteiger partial charge in [0.1, 0.15) is 6.10 Å². The second kappa shape index (κ2) is 7.72. The SMILES string of the molecule is O=C(C1CNCCO1)N1CCN(CCc2ccccc2)CC1. The first kappa shape index (κ1) is 15.5. The maximum atomic E-state index is 12.4. The molecule has 1 aromatic carbocycles. The van der Waals surface area contributed by atoms with E-state index in [4.69, 9.17) is 4.74 Å². The summed E-state index contributed by atoms with van der Waals surface area (Å²) in [6.45, 7) is 6.73. The fraction of sp³-hybridized carbons (Fsp3) is 0.588. The van der Waals surface area contributed by atoms with Gasteiger partial charge >= 0.3 is 0 Å². The summed E-state index contributed by atoms with van der Waals surface area (Å²) in [5.41, 5.74) is 1.38. The molecule has 0 aliphatic carbocycles. The third-order valence-corrected chi connectivity index (χ3v) is 4.45. The molecule has 2 saturated heterocycles. The van der Waals surface area contributed by atoms with Crippen LogP contribution in [0.1, 0.15) is 5.56 Å².